The lowest BCUT2D eigenvalue weighted by Crippen LogP contribution is -2.20. The third-order valence-corrected chi connectivity index (χ3v) is 2.32. The maximum atomic E-state index is 11.4. The lowest BCUT2D eigenvalue weighted by molar-refractivity contribution is 0.0703. The quantitative estimate of drug-likeness (QED) is 0.546. The molecule has 0 saturated heterocycles. The zero-order chi connectivity index (χ0) is 10.8. The molecule has 0 aliphatic heterocycles. The third kappa shape index (κ3) is 1.55. The number of amides is 1. The Bertz CT molecular complexity index is 518. The molecule has 1 aromatic carbocycles. The summed E-state index contributed by atoms with van der Waals surface area (Å²) in [5.41, 5.74) is 2.80. The fourth-order valence-corrected chi connectivity index (χ4v) is 1.63. The summed E-state index contributed by atoms with van der Waals surface area (Å²) in [7, 11) is 0. The first kappa shape index (κ1) is 9.61. The molecule has 15 heavy (non-hydrogen) atoms. The van der Waals surface area contributed by atoms with Crippen molar-refractivity contribution < 1.29 is 10.0 Å². The van der Waals surface area contributed by atoms with Crippen molar-refractivity contribution >= 4 is 16.7 Å². The SMILES string of the molecule is Cc1cccc2ccnc(C(=O)NO)c12. The van der Waals surface area contributed by atoms with E-state index >= 15 is 0 Å². The van der Waals surface area contributed by atoms with Gasteiger partial charge in [0.25, 0.3) is 5.91 Å². The van der Waals surface area contributed by atoms with Crippen molar-refractivity contribution in [1.29, 1.82) is 0 Å². The summed E-state index contributed by atoms with van der Waals surface area (Å²) < 4.78 is 0. The number of fused-ring (bicyclic) bond motifs is 1. The van der Waals surface area contributed by atoms with E-state index in [1.54, 1.807) is 11.7 Å². The number of pyridine rings is 1. The number of benzene rings is 1. The molecule has 0 spiro atoms. The van der Waals surface area contributed by atoms with Gasteiger partial charge >= 0.3 is 0 Å². The van der Waals surface area contributed by atoms with Gasteiger partial charge in [0.05, 0.1) is 0 Å². The van der Waals surface area contributed by atoms with Crippen LogP contribution in [0.5, 0.6) is 0 Å². The minimum absolute atomic E-state index is 0.244. The van der Waals surface area contributed by atoms with Crippen LogP contribution in [0.4, 0.5) is 0 Å². The van der Waals surface area contributed by atoms with E-state index in [0.29, 0.717) is 0 Å². The lowest BCUT2D eigenvalue weighted by Gasteiger charge is -2.05. The summed E-state index contributed by atoms with van der Waals surface area (Å²) in [6.07, 6.45) is 1.55. The van der Waals surface area contributed by atoms with Crippen LogP contribution in [-0.2, 0) is 0 Å². The van der Waals surface area contributed by atoms with Crippen LogP contribution in [0.2, 0.25) is 0 Å². The number of nitrogens with zero attached hydrogens (tertiary/aromatic N) is 1. The molecule has 2 rings (SSSR count). The molecule has 0 bridgehead atoms. The van der Waals surface area contributed by atoms with Crippen molar-refractivity contribution in [3.63, 3.8) is 0 Å². The van der Waals surface area contributed by atoms with Gasteiger partial charge in [0, 0.05) is 11.6 Å². The first-order valence-corrected chi connectivity index (χ1v) is 4.53. The van der Waals surface area contributed by atoms with Crippen molar-refractivity contribution in [3.8, 4) is 0 Å². The van der Waals surface area contributed by atoms with E-state index in [4.69, 9.17) is 5.21 Å². The second kappa shape index (κ2) is 3.67. The highest BCUT2D eigenvalue weighted by Gasteiger charge is 2.11. The molecule has 0 saturated carbocycles. The Labute approximate surface area is 86.5 Å². The highest BCUT2D eigenvalue weighted by Crippen LogP contribution is 2.20. The van der Waals surface area contributed by atoms with E-state index in [-0.39, 0.29) is 5.69 Å². The second-order valence-electron chi connectivity index (χ2n) is 3.27. The molecule has 76 valence electrons. The number of hydrogen-bond acceptors (Lipinski definition) is 3. The average Bonchev–Trinajstić information content (AvgIpc) is 2.28. The average molecular weight is 202 g/mol. The van der Waals surface area contributed by atoms with Gasteiger partial charge in [-0.15, -0.1) is 0 Å². The molecule has 1 heterocycles. The molecule has 2 N–H and O–H groups in total. The summed E-state index contributed by atoms with van der Waals surface area (Å²) in [4.78, 5) is 15.3. The molecule has 2 aromatic rings. The van der Waals surface area contributed by atoms with Crippen LogP contribution < -0.4 is 5.48 Å². The van der Waals surface area contributed by atoms with Gasteiger partial charge in [-0.1, -0.05) is 18.2 Å². The number of hydroxylamine groups is 1. The lowest BCUT2D eigenvalue weighted by atomic mass is 10.0. The Balaban J connectivity index is 2.80. The molecule has 0 aliphatic carbocycles. The van der Waals surface area contributed by atoms with Crippen LogP contribution in [0, 0.1) is 6.92 Å². The first-order valence-electron chi connectivity index (χ1n) is 4.53. The van der Waals surface area contributed by atoms with E-state index in [1.165, 1.54) is 0 Å². The zero-order valence-corrected chi connectivity index (χ0v) is 8.19. The molecule has 4 heteroatoms. The number of aryl methyl sites for hydroxylation is 1. The third-order valence-electron chi connectivity index (χ3n) is 2.32. The van der Waals surface area contributed by atoms with Gasteiger partial charge in [0.1, 0.15) is 5.69 Å². The molecule has 0 atom stereocenters. The molecule has 0 aliphatic rings. The minimum atomic E-state index is -0.588. The Morgan fingerprint density at radius 2 is 2.20 bits per heavy atom. The van der Waals surface area contributed by atoms with Crippen LogP contribution in [-0.4, -0.2) is 16.1 Å². The monoisotopic (exact) mass is 202 g/mol. The van der Waals surface area contributed by atoms with Gasteiger partial charge in [-0.25, -0.2) is 5.48 Å². The number of aromatic nitrogens is 1. The number of hydrogen-bond donors (Lipinski definition) is 2. The van der Waals surface area contributed by atoms with Crippen LogP contribution in [0.15, 0.2) is 30.5 Å². The van der Waals surface area contributed by atoms with E-state index in [1.807, 2.05) is 31.2 Å². The molecule has 1 aromatic heterocycles. The highest BCUT2D eigenvalue weighted by atomic mass is 16.5. The van der Waals surface area contributed by atoms with Gasteiger partial charge in [0.15, 0.2) is 0 Å². The molecule has 1 amide bonds. The second-order valence-corrected chi connectivity index (χ2v) is 3.27. The van der Waals surface area contributed by atoms with Crippen molar-refractivity contribution in [2.75, 3.05) is 0 Å². The smallest absolute Gasteiger partial charge is 0.288 e. The zero-order valence-electron chi connectivity index (χ0n) is 8.19. The minimum Gasteiger partial charge on any atom is -0.288 e. The van der Waals surface area contributed by atoms with Gasteiger partial charge < -0.3 is 0 Å². The number of nitrogens with one attached hydrogen (secondary N) is 1. The standard InChI is InChI=1S/C11H10N2O2/c1-7-3-2-4-8-5-6-12-10(9(7)8)11(14)13-15/h2-6,15H,1H3,(H,13,14). The maximum absolute atomic E-state index is 11.4. The van der Waals surface area contributed by atoms with Crippen LogP contribution in [0.1, 0.15) is 16.1 Å². The summed E-state index contributed by atoms with van der Waals surface area (Å²) in [6.45, 7) is 1.90. The summed E-state index contributed by atoms with van der Waals surface area (Å²) in [5.74, 6) is -0.588. The van der Waals surface area contributed by atoms with E-state index in [2.05, 4.69) is 4.98 Å². The van der Waals surface area contributed by atoms with Gasteiger partial charge in [-0.05, 0) is 23.9 Å². The fraction of sp³-hybridized carbons (Fsp3) is 0.0909. The molecule has 0 fully saturated rings. The molecular formula is C11H10N2O2. The fourth-order valence-electron chi connectivity index (χ4n) is 1.63. The van der Waals surface area contributed by atoms with Gasteiger partial charge in [-0.2, -0.15) is 0 Å². The van der Waals surface area contributed by atoms with Crippen molar-refractivity contribution in [1.82, 2.24) is 10.5 Å². The Morgan fingerprint density at radius 3 is 2.93 bits per heavy atom. The highest BCUT2D eigenvalue weighted by molar-refractivity contribution is 6.05. The van der Waals surface area contributed by atoms with Crippen molar-refractivity contribution in [2.24, 2.45) is 0 Å². The topological polar surface area (TPSA) is 62.2 Å². The van der Waals surface area contributed by atoms with Crippen LogP contribution >= 0.6 is 0 Å². The van der Waals surface area contributed by atoms with E-state index in [0.717, 1.165) is 16.3 Å². The van der Waals surface area contributed by atoms with Gasteiger partial charge in [-0.3, -0.25) is 15.0 Å². The normalized spacial score (nSPS) is 10.3. The molecular weight excluding hydrogens is 192 g/mol. The Hall–Kier alpha value is -1.94. The Kier molecular flexibility index (Phi) is 2.35. The predicted octanol–water partition coefficient (Wildman–Crippen LogP) is 1.66. The first-order chi connectivity index (χ1) is 7.24. The van der Waals surface area contributed by atoms with Crippen molar-refractivity contribution in [3.05, 3.63) is 41.7 Å². The van der Waals surface area contributed by atoms with Crippen LogP contribution in [0.25, 0.3) is 10.8 Å². The maximum Gasteiger partial charge on any atom is 0.293 e. The van der Waals surface area contributed by atoms with E-state index in [9.17, 15) is 4.79 Å². The molecule has 4 nitrogen and oxygen atoms in total. The summed E-state index contributed by atoms with van der Waals surface area (Å²) in [5, 5.41) is 10.3. The predicted molar refractivity (Wildman–Crippen MR) is 55.7 cm³/mol. The molecule has 0 unspecified atom stereocenters. The number of carbonyl (C=O) groups excluding carboxylic acids is 1. The largest absolute Gasteiger partial charge is 0.293 e. The summed E-state index contributed by atoms with van der Waals surface area (Å²) in [6, 6.07) is 7.55. The van der Waals surface area contributed by atoms with Gasteiger partial charge in [0.2, 0.25) is 0 Å². The van der Waals surface area contributed by atoms with Crippen molar-refractivity contribution in [2.45, 2.75) is 6.92 Å². The van der Waals surface area contributed by atoms with E-state index < -0.39 is 5.91 Å². The molecule has 0 radical (unpaired) electrons. The van der Waals surface area contributed by atoms with Crippen LogP contribution in [0.3, 0.4) is 0 Å². The number of rotatable bonds is 1. The summed E-state index contributed by atoms with van der Waals surface area (Å²) >= 11 is 0. The number of carbonyl (C=O) groups is 1. The Morgan fingerprint density at radius 1 is 1.40 bits per heavy atom.